The summed E-state index contributed by atoms with van der Waals surface area (Å²) in [6.07, 6.45) is 7.25. The molecule has 5 heteroatoms. The minimum atomic E-state index is -0.0464. The predicted molar refractivity (Wildman–Crippen MR) is 78.9 cm³/mol. The Morgan fingerprint density at radius 3 is 2.90 bits per heavy atom. The summed E-state index contributed by atoms with van der Waals surface area (Å²) in [7, 11) is 2.14. The predicted octanol–water partition coefficient (Wildman–Crippen LogP) is 1.62. The SMILES string of the molecule is CN(CCn1nc2ccccn2c1=O)CC1CCCC1. The van der Waals surface area contributed by atoms with Crippen LogP contribution < -0.4 is 5.69 Å². The van der Waals surface area contributed by atoms with E-state index in [0.717, 1.165) is 24.7 Å². The van der Waals surface area contributed by atoms with Crippen LogP contribution in [0.1, 0.15) is 25.7 Å². The Hall–Kier alpha value is -1.62. The lowest BCUT2D eigenvalue weighted by Gasteiger charge is -2.20. The van der Waals surface area contributed by atoms with Gasteiger partial charge in [-0.3, -0.25) is 4.40 Å². The van der Waals surface area contributed by atoms with Gasteiger partial charge in [-0.25, -0.2) is 9.48 Å². The van der Waals surface area contributed by atoms with Crippen LogP contribution in [-0.4, -0.2) is 39.2 Å². The number of likely N-dealkylation sites (N-methyl/N-ethyl adjacent to an activating group) is 1. The van der Waals surface area contributed by atoms with Crippen LogP contribution in [0.15, 0.2) is 29.2 Å². The normalized spacial score (nSPS) is 16.5. The fourth-order valence-electron chi connectivity index (χ4n) is 3.10. The van der Waals surface area contributed by atoms with Crippen molar-refractivity contribution in [3.8, 4) is 0 Å². The first-order valence-corrected chi connectivity index (χ1v) is 7.47. The summed E-state index contributed by atoms with van der Waals surface area (Å²) in [6.45, 7) is 2.67. The van der Waals surface area contributed by atoms with E-state index in [0.29, 0.717) is 6.54 Å². The van der Waals surface area contributed by atoms with Crippen LogP contribution in [-0.2, 0) is 6.54 Å². The van der Waals surface area contributed by atoms with Crippen LogP contribution >= 0.6 is 0 Å². The van der Waals surface area contributed by atoms with Gasteiger partial charge in [0.05, 0.1) is 6.54 Å². The second-order valence-corrected chi connectivity index (χ2v) is 5.85. The van der Waals surface area contributed by atoms with E-state index in [4.69, 9.17) is 0 Å². The van der Waals surface area contributed by atoms with Crippen LogP contribution in [0.25, 0.3) is 5.65 Å². The summed E-state index contributed by atoms with van der Waals surface area (Å²) in [4.78, 5) is 14.5. The van der Waals surface area contributed by atoms with Gasteiger partial charge in [0.2, 0.25) is 0 Å². The zero-order valence-corrected chi connectivity index (χ0v) is 12.0. The number of pyridine rings is 1. The Morgan fingerprint density at radius 1 is 1.35 bits per heavy atom. The molecule has 5 nitrogen and oxygen atoms in total. The highest BCUT2D eigenvalue weighted by Gasteiger charge is 2.16. The van der Waals surface area contributed by atoms with Gasteiger partial charge in [0, 0.05) is 19.3 Å². The molecule has 2 heterocycles. The first-order valence-electron chi connectivity index (χ1n) is 7.47. The maximum absolute atomic E-state index is 12.1. The summed E-state index contributed by atoms with van der Waals surface area (Å²) >= 11 is 0. The van der Waals surface area contributed by atoms with Crippen LogP contribution in [0, 0.1) is 5.92 Å². The molecule has 0 unspecified atom stereocenters. The highest BCUT2D eigenvalue weighted by molar-refractivity contribution is 5.35. The molecule has 1 saturated carbocycles. The van der Waals surface area contributed by atoms with Crippen molar-refractivity contribution in [3.05, 3.63) is 34.9 Å². The quantitative estimate of drug-likeness (QED) is 0.832. The Labute approximate surface area is 118 Å². The summed E-state index contributed by atoms with van der Waals surface area (Å²) in [5.41, 5.74) is 0.672. The molecule has 0 aliphatic heterocycles. The van der Waals surface area contributed by atoms with E-state index in [1.807, 2.05) is 18.2 Å². The standard InChI is InChI=1S/C15H22N4O/c1-17(12-13-6-2-3-7-13)10-11-19-15(20)18-9-5-4-8-14(18)16-19/h4-5,8-9,13H,2-3,6-7,10-12H2,1H3. The lowest BCUT2D eigenvalue weighted by molar-refractivity contribution is 0.263. The van der Waals surface area contributed by atoms with E-state index in [1.54, 1.807) is 15.3 Å². The van der Waals surface area contributed by atoms with Gasteiger partial charge in [-0.2, -0.15) is 0 Å². The van der Waals surface area contributed by atoms with Gasteiger partial charge in [-0.1, -0.05) is 18.9 Å². The van der Waals surface area contributed by atoms with Crippen molar-refractivity contribution in [2.45, 2.75) is 32.2 Å². The van der Waals surface area contributed by atoms with Crippen molar-refractivity contribution in [1.29, 1.82) is 0 Å². The molecule has 0 spiro atoms. The number of aromatic nitrogens is 3. The Morgan fingerprint density at radius 2 is 2.15 bits per heavy atom. The molecule has 3 rings (SSSR count). The van der Waals surface area contributed by atoms with Crippen molar-refractivity contribution in [1.82, 2.24) is 19.1 Å². The molecular formula is C15H22N4O. The molecule has 2 aromatic rings. The second kappa shape index (κ2) is 5.79. The third-order valence-corrected chi connectivity index (χ3v) is 4.23. The molecule has 0 bridgehead atoms. The second-order valence-electron chi connectivity index (χ2n) is 5.85. The van der Waals surface area contributed by atoms with Gasteiger partial charge in [0.25, 0.3) is 0 Å². The van der Waals surface area contributed by atoms with Crippen LogP contribution in [0.5, 0.6) is 0 Å². The van der Waals surface area contributed by atoms with Gasteiger partial charge in [-0.15, -0.1) is 5.10 Å². The Kier molecular flexibility index (Phi) is 3.87. The highest BCUT2D eigenvalue weighted by Crippen LogP contribution is 2.24. The minimum Gasteiger partial charge on any atom is -0.304 e. The number of fused-ring (bicyclic) bond motifs is 1. The number of rotatable bonds is 5. The number of hydrogen-bond acceptors (Lipinski definition) is 3. The van der Waals surface area contributed by atoms with Gasteiger partial charge >= 0.3 is 5.69 Å². The van der Waals surface area contributed by atoms with Crippen LogP contribution in [0.3, 0.4) is 0 Å². The minimum absolute atomic E-state index is 0.0464. The van der Waals surface area contributed by atoms with E-state index in [9.17, 15) is 4.79 Å². The molecular weight excluding hydrogens is 252 g/mol. The zero-order valence-electron chi connectivity index (χ0n) is 12.0. The van der Waals surface area contributed by atoms with Gasteiger partial charge in [0.1, 0.15) is 0 Å². The summed E-state index contributed by atoms with van der Waals surface area (Å²) in [5, 5.41) is 4.36. The first-order chi connectivity index (χ1) is 9.74. The topological polar surface area (TPSA) is 42.5 Å². The average molecular weight is 274 g/mol. The molecule has 0 N–H and O–H groups in total. The molecule has 0 radical (unpaired) electrons. The third kappa shape index (κ3) is 2.77. The fraction of sp³-hybridized carbons (Fsp3) is 0.600. The van der Waals surface area contributed by atoms with Crippen LogP contribution in [0.4, 0.5) is 0 Å². The van der Waals surface area contributed by atoms with E-state index in [2.05, 4.69) is 17.0 Å². The molecule has 20 heavy (non-hydrogen) atoms. The van der Waals surface area contributed by atoms with Crippen LogP contribution in [0.2, 0.25) is 0 Å². The highest BCUT2D eigenvalue weighted by atomic mass is 16.2. The van der Waals surface area contributed by atoms with E-state index in [1.165, 1.54) is 25.7 Å². The van der Waals surface area contributed by atoms with E-state index >= 15 is 0 Å². The summed E-state index contributed by atoms with van der Waals surface area (Å²) in [5.74, 6) is 0.845. The summed E-state index contributed by atoms with van der Waals surface area (Å²) < 4.78 is 3.16. The largest absolute Gasteiger partial charge is 0.350 e. The maximum Gasteiger partial charge on any atom is 0.350 e. The van der Waals surface area contributed by atoms with Crippen molar-refractivity contribution < 1.29 is 0 Å². The maximum atomic E-state index is 12.1. The molecule has 108 valence electrons. The lowest BCUT2D eigenvalue weighted by atomic mass is 10.1. The molecule has 1 fully saturated rings. The molecule has 0 atom stereocenters. The molecule has 0 amide bonds. The van der Waals surface area contributed by atoms with Crippen molar-refractivity contribution in [3.63, 3.8) is 0 Å². The fourth-order valence-corrected chi connectivity index (χ4v) is 3.10. The third-order valence-electron chi connectivity index (χ3n) is 4.23. The number of hydrogen-bond donors (Lipinski definition) is 0. The Bertz CT molecular complexity index is 624. The van der Waals surface area contributed by atoms with Gasteiger partial charge < -0.3 is 4.90 Å². The molecule has 1 aliphatic carbocycles. The van der Waals surface area contributed by atoms with Gasteiger partial charge in [0.15, 0.2) is 5.65 Å². The number of nitrogens with zero attached hydrogens (tertiary/aromatic N) is 4. The smallest absolute Gasteiger partial charge is 0.304 e. The molecule has 0 saturated heterocycles. The average Bonchev–Trinajstić information content (AvgIpc) is 3.06. The molecule has 1 aliphatic rings. The monoisotopic (exact) mass is 274 g/mol. The van der Waals surface area contributed by atoms with Crippen molar-refractivity contribution in [2.24, 2.45) is 5.92 Å². The van der Waals surface area contributed by atoms with Crippen molar-refractivity contribution in [2.75, 3.05) is 20.1 Å². The molecule has 2 aromatic heterocycles. The Balaban J connectivity index is 1.61. The zero-order chi connectivity index (χ0) is 13.9. The van der Waals surface area contributed by atoms with E-state index in [-0.39, 0.29) is 5.69 Å². The van der Waals surface area contributed by atoms with Crippen molar-refractivity contribution >= 4 is 5.65 Å². The summed E-state index contributed by atoms with van der Waals surface area (Å²) in [6, 6.07) is 5.62. The first kappa shape index (κ1) is 13.4. The lowest BCUT2D eigenvalue weighted by Crippen LogP contribution is -2.31. The van der Waals surface area contributed by atoms with Gasteiger partial charge in [-0.05, 0) is 37.9 Å². The molecule has 0 aromatic carbocycles. The van der Waals surface area contributed by atoms with E-state index < -0.39 is 0 Å².